The SMILES string of the molecule is CCCOC1(CN)CCCOC1. The van der Waals surface area contributed by atoms with Crippen molar-refractivity contribution in [2.75, 3.05) is 26.4 Å². The van der Waals surface area contributed by atoms with Gasteiger partial charge in [-0.2, -0.15) is 0 Å². The molecule has 0 amide bonds. The third kappa shape index (κ3) is 2.44. The fraction of sp³-hybridized carbons (Fsp3) is 1.00. The Morgan fingerprint density at radius 3 is 2.92 bits per heavy atom. The molecule has 0 radical (unpaired) electrons. The van der Waals surface area contributed by atoms with Crippen molar-refractivity contribution in [2.45, 2.75) is 31.8 Å². The van der Waals surface area contributed by atoms with E-state index in [0.29, 0.717) is 13.2 Å². The molecule has 12 heavy (non-hydrogen) atoms. The van der Waals surface area contributed by atoms with Crippen LogP contribution in [0.15, 0.2) is 0 Å². The van der Waals surface area contributed by atoms with Crippen LogP contribution in [0.25, 0.3) is 0 Å². The summed E-state index contributed by atoms with van der Waals surface area (Å²) in [5, 5.41) is 0. The van der Waals surface area contributed by atoms with E-state index in [9.17, 15) is 0 Å². The van der Waals surface area contributed by atoms with E-state index in [1.807, 2.05) is 0 Å². The normalized spacial score (nSPS) is 30.5. The Balaban J connectivity index is 2.37. The summed E-state index contributed by atoms with van der Waals surface area (Å²) in [6.45, 7) is 5.00. The van der Waals surface area contributed by atoms with Gasteiger partial charge < -0.3 is 15.2 Å². The minimum atomic E-state index is -0.172. The summed E-state index contributed by atoms with van der Waals surface area (Å²) in [5.74, 6) is 0. The van der Waals surface area contributed by atoms with Crippen LogP contribution >= 0.6 is 0 Å². The Hall–Kier alpha value is -0.120. The van der Waals surface area contributed by atoms with Gasteiger partial charge in [-0.1, -0.05) is 6.92 Å². The molecule has 1 aliphatic rings. The molecule has 3 heteroatoms. The molecule has 1 rings (SSSR count). The highest BCUT2D eigenvalue weighted by Gasteiger charge is 2.31. The first-order valence-corrected chi connectivity index (χ1v) is 4.75. The lowest BCUT2D eigenvalue weighted by molar-refractivity contribution is -0.122. The van der Waals surface area contributed by atoms with Gasteiger partial charge in [0.1, 0.15) is 5.60 Å². The average Bonchev–Trinajstić information content (AvgIpc) is 2.16. The van der Waals surface area contributed by atoms with Crippen LogP contribution in [0, 0.1) is 0 Å². The van der Waals surface area contributed by atoms with Gasteiger partial charge in [-0.25, -0.2) is 0 Å². The first-order chi connectivity index (χ1) is 5.83. The second-order valence-corrected chi connectivity index (χ2v) is 3.39. The van der Waals surface area contributed by atoms with E-state index in [-0.39, 0.29) is 5.60 Å². The molecule has 1 saturated heterocycles. The summed E-state index contributed by atoms with van der Waals surface area (Å²) >= 11 is 0. The van der Waals surface area contributed by atoms with E-state index in [1.165, 1.54) is 0 Å². The molecular weight excluding hydrogens is 154 g/mol. The van der Waals surface area contributed by atoms with Gasteiger partial charge in [0.25, 0.3) is 0 Å². The van der Waals surface area contributed by atoms with Crippen molar-refractivity contribution in [1.82, 2.24) is 0 Å². The summed E-state index contributed by atoms with van der Waals surface area (Å²) in [6, 6.07) is 0. The van der Waals surface area contributed by atoms with E-state index in [0.717, 1.165) is 32.5 Å². The Morgan fingerprint density at radius 2 is 2.42 bits per heavy atom. The Bertz CT molecular complexity index is 122. The van der Waals surface area contributed by atoms with Gasteiger partial charge >= 0.3 is 0 Å². The summed E-state index contributed by atoms with van der Waals surface area (Å²) < 4.78 is 11.1. The second-order valence-electron chi connectivity index (χ2n) is 3.39. The molecule has 1 aliphatic heterocycles. The van der Waals surface area contributed by atoms with Crippen molar-refractivity contribution in [3.05, 3.63) is 0 Å². The molecule has 0 bridgehead atoms. The fourth-order valence-corrected chi connectivity index (χ4v) is 1.48. The maximum atomic E-state index is 5.72. The van der Waals surface area contributed by atoms with Crippen LogP contribution in [0.5, 0.6) is 0 Å². The van der Waals surface area contributed by atoms with Crippen LogP contribution in [0.4, 0.5) is 0 Å². The maximum absolute atomic E-state index is 5.72. The third-order valence-corrected chi connectivity index (χ3v) is 2.27. The summed E-state index contributed by atoms with van der Waals surface area (Å²) in [4.78, 5) is 0. The molecule has 2 N–H and O–H groups in total. The molecule has 0 aromatic heterocycles. The predicted molar refractivity (Wildman–Crippen MR) is 48.1 cm³/mol. The minimum Gasteiger partial charge on any atom is -0.378 e. The van der Waals surface area contributed by atoms with Crippen LogP contribution in [-0.2, 0) is 9.47 Å². The fourth-order valence-electron chi connectivity index (χ4n) is 1.48. The van der Waals surface area contributed by atoms with Crippen LogP contribution in [0.1, 0.15) is 26.2 Å². The molecule has 72 valence electrons. The minimum absolute atomic E-state index is 0.172. The number of ether oxygens (including phenoxy) is 2. The Morgan fingerprint density at radius 1 is 1.58 bits per heavy atom. The van der Waals surface area contributed by atoms with Gasteiger partial charge in [-0.15, -0.1) is 0 Å². The summed E-state index contributed by atoms with van der Waals surface area (Å²) in [5.41, 5.74) is 5.50. The predicted octanol–water partition coefficient (Wildman–Crippen LogP) is 0.921. The zero-order valence-corrected chi connectivity index (χ0v) is 7.84. The molecule has 0 aromatic rings. The first kappa shape index (κ1) is 9.96. The zero-order valence-electron chi connectivity index (χ0n) is 7.84. The Labute approximate surface area is 74.2 Å². The number of nitrogens with two attached hydrogens (primary N) is 1. The highest BCUT2D eigenvalue weighted by atomic mass is 16.5. The van der Waals surface area contributed by atoms with E-state index in [1.54, 1.807) is 0 Å². The van der Waals surface area contributed by atoms with Gasteiger partial charge in [-0.05, 0) is 19.3 Å². The zero-order chi connectivity index (χ0) is 8.86. The first-order valence-electron chi connectivity index (χ1n) is 4.75. The van der Waals surface area contributed by atoms with Crippen molar-refractivity contribution in [2.24, 2.45) is 5.73 Å². The topological polar surface area (TPSA) is 44.5 Å². The summed E-state index contributed by atoms with van der Waals surface area (Å²) in [7, 11) is 0. The molecule has 1 heterocycles. The highest BCUT2D eigenvalue weighted by molar-refractivity contribution is 4.84. The van der Waals surface area contributed by atoms with Crippen LogP contribution in [0.3, 0.4) is 0 Å². The van der Waals surface area contributed by atoms with E-state index < -0.39 is 0 Å². The van der Waals surface area contributed by atoms with Crippen molar-refractivity contribution in [3.63, 3.8) is 0 Å². The highest BCUT2D eigenvalue weighted by Crippen LogP contribution is 2.22. The van der Waals surface area contributed by atoms with Gasteiger partial charge in [-0.3, -0.25) is 0 Å². The maximum Gasteiger partial charge on any atom is 0.104 e. The van der Waals surface area contributed by atoms with Crippen molar-refractivity contribution < 1.29 is 9.47 Å². The lowest BCUT2D eigenvalue weighted by Crippen LogP contribution is -2.47. The number of hydrogen-bond donors (Lipinski definition) is 1. The standard InChI is InChI=1S/C9H19NO2/c1-2-5-12-9(7-10)4-3-6-11-8-9/h2-8,10H2,1H3. The van der Waals surface area contributed by atoms with E-state index >= 15 is 0 Å². The van der Waals surface area contributed by atoms with Crippen LogP contribution in [0.2, 0.25) is 0 Å². The molecule has 1 unspecified atom stereocenters. The van der Waals surface area contributed by atoms with E-state index in [2.05, 4.69) is 6.92 Å². The molecule has 0 spiro atoms. The Kier molecular flexibility index (Phi) is 3.98. The van der Waals surface area contributed by atoms with Gasteiger partial charge in [0.05, 0.1) is 6.61 Å². The second kappa shape index (κ2) is 4.80. The average molecular weight is 173 g/mol. The summed E-state index contributed by atoms with van der Waals surface area (Å²) in [6.07, 6.45) is 3.16. The monoisotopic (exact) mass is 173 g/mol. The lowest BCUT2D eigenvalue weighted by atomic mass is 9.96. The molecular formula is C9H19NO2. The molecule has 1 atom stereocenters. The van der Waals surface area contributed by atoms with Crippen molar-refractivity contribution in [1.29, 1.82) is 0 Å². The number of rotatable bonds is 4. The van der Waals surface area contributed by atoms with Crippen LogP contribution in [-0.4, -0.2) is 32.0 Å². The quantitative estimate of drug-likeness (QED) is 0.687. The van der Waals surface area contributed by atoms with Crippen LogP contribution < -0.4 is 5.73 Å². The molecule has 3 nitrogen and oxygen atoms in total. The molecule has 1 fully saturated rings. The van der Waals surface area contributed by atoms with E-state index in [4.69, 9.17) is 15.2 Å². The van der Waals surface area contributed by atoms with Gasteiger partial charge in [0.15, 0.2) is 0 Å². The molecule has 0 aromatic carbocycles. The smallest absolute Gasteiger partial charge is 0.104 e. The largest absolute Gasteiger partial charge is 0.378 e. The molecule has 0 saturated carbocycles. The van der Waals surface area contributed by atoms with Gasteiger partial charge in [0.2, 0.25) is 0 Å². The number of hydrogen-bond acceptors (Lipinski definition) is 3. The lowest BCUT2D eigenvalue weighted by Gasteiger charge is -2.35. The molecule has 0 aliphatic carbocycles. The van der Waals surface area contributed by atoms with Crippen molar-refractivity contribution in [3.8, 4) is 0 Å². The van der Waals surface area contributed by atoms with Crippen molar-refractivity contribution >= 4 is 0 Å². The van der Waals surface area contributed by atoms with Gasteiger partial charge in [0, 0.05) is 19.8 Å². The third-order valence-electron chi connectivity index (χ3n) is 2.27.